The van der Waals surface area contributed by atoms with Gasteiger partial charge in [0.25, 0.3) is 5.56 Å². The number of aromatic nitrogens is 2. The van der Waals surface area contributed by atoms with E-state index >= 15 is 0 Å². The van der Waals surface area contributed by atoms with Crippen molar-refractivity contribution >= 4 is 38.8 Å². The van der Waals surface area contributed by atoms with Gasteiger partial charge in [0.2, 0.25) is 5.91 Å². The second-order valence-electron chi connectivity index (χ2n) is 5.90. The van der Waals surface area contributed by atoms with Gasteiger partial charge in [-0.3, -0.25) is 14.2 Å². The van der Waals surface area contributed by atoms with Crippen LogP contribution < -0.4 is 15.8 Å². The molecule has 7 heteroatoms. The number of nitrogens with zero attached hydrogens (tertiary/aromatic N) is 3. The highest BCUT2D eigenvalue weighted by atomic mass is 32.1. The number of carbonyl (C=O) groups excluding carboxylic acids is 1. The average Bonchev–Trinajstić information content (AvgIpc) is 3.13. The van der Waals surface area contributed by atoms with E-state index in [0.29, 0.717) is 11.9 Å². The third-order valence-electron chi connectivity index (χ3n) is 4.31. The molecule has 1 aromatic carbocycles. The minimum Gasteiger partial charge on any atom is -0.372 e. The van der Waals surface area contributed by atoms with Crippen LogP contribution in [0.15, 0.2) is 46.8 Å². The van der Waals surface area contributed by atoms with E-state index in [2.05, 4.69) is 29.0 Å². The van der Waals surface area contributed by atoms with Crippen molar-refractivity contribution < 1.29 is 4.79 Å². The smallest absolute Gasteiger partial charge is 0.262 e. The van der Waals surface area contributed by atoms with Crippen LogP contribution in [0.2, 0.25) is 0 Å². The Morgan fingerprint density at radius 3 is 2.62 bits per heavy atom. The van der Waals surface area contributed by atoms with E-state index in [9.17, 15) is 9.59 Å². The van der Waals surface area contributed by atoms with Crippen LogP contribution in [0.1, 0.15) is 20.3 Å². The molecule has 2 heterocycles. The summed E-state index contributed by atoms with van der Waals surface area (Å²) in [6.07, 6.45) is 1.72. The molecule has 6 nitrogen and oxygen atoms in total. The number of hydrogen-bond donors (Lipinski definition) is 1. The normalized spacial score (nSPS) is 10.8. The molecule has 0 saturated carbocycles. The summed E-state index contributed by atoms with van der Waals surface area (Å²) in [6, 6.07) is 9.57. The van der Waals surface area contributed by atoms with Crippen LogP contribution in [0.4, 0.5) is 11.4 Å². The molecule has 1 N–H and O–H groups in total. The Bertz CT molecular complexity index is 942. The number of rotatable bonds is 7. The van der Waals surface area contributed by atoms with E-state index < -0.39 is 0 Å². The maximum absolute atomic E-state index is 12.3. The summed E-state index contributed by atoms with van der Waals surface area (Å²) in [7, 11) is 0. The van der Waals surface area contributed by atoms with Crippen molar-refractivity contribution in [1.82, 2.24) is 9.55 Å². The molecule has 0 unspecified atom stereocenters. The highest BCUT2D eigenvalue weighted by molar-refractivity contribution is 7.16. The van der Waals surface area contributed by atoms with Crippen LogP contribution >= 0.6 is 11.3 Å². The lowest BCUT2D eigenvalue weighted by molar-refractivity contribution is -0.116. The lowest BCUT2D eigenvalue weighted by Crippen LogP contribution is -2.23. The van der Waals surface area contributed by atoms with E-state index in [4.69, 9.17) is 0 Å². The van der Waals surface area contributed by atoms with Crippen molar-refractivity contribution in [1.29, 1.82) is 0 Å². The fraction of sp³-hybridized carbons (Fsp3) is 0.316. The lowest BCUT2D eigenvalue weighted by Gasteiger charge is -2.21. The van der Waals surface area contributed by atoms with Gasteiger partial charge in [-0.1, -0.05) is 0 Å². The number of benzene rings is 1. The number of hydrogen-bond acceptors (Lipinski definition) is 5. The first-order valence-corrected chi connectivity index (χ1v) is 9.57. The lowest BCUT2D eigenvalue weighted by atomic mass is 10.2. The summed E-state index contributed by atoms with van der Waals surface area (Å²) >= 11 is 1.44. The first-order valence-electron chi connectivity index (χ1n) is 8.70. The monoisotopic (exact) mass is 370 g/mol. The number of fused-ring (bicyclic) bond motifs is 1. The molecule has 0 saturated heterocycles. The molecule has 3 rings (SSSR count). The Morgan fingerprint density at radius 2 is 1.92 bits per heavy atom. The molecule has 0 aliphatic rings. The van der Waals surface area contributed by atoms with Gasteiger partial charge in [-0.2, -0.15) is 0 Å². The molecule has 0 spiro atoms. The van der Waals surface area contributed by atoms with E-state index in [0.717, 1.165) is 29.3 Å². The quantitative estimate of drug-likeness (QED) is 0.693. The number of anilines is 2. The van der Waals surface area contributed by atoms with Crippen LogP contribution in [0.5, 0.6) is 0 Å². The molecule has 1 amide bonds. The van der Waals surface area contributed by atoms with Gasteiger partial charge in [-0.05, 0) is 49.6 Å². The highest BCUT2D eigenvalue weighted by Crippen LogP contribution is 2.18. The first kappa shape index (κ1) is 18.1. The largest absolute Gasteiger partial charge is 0.372 e. The maximum Gasteiger partial charge on any atom is 0.262 e. The fourth-order valence-corrected chi connectivity index (χ4v) is 3.57. The van der Waals surface area contributed by atoms with Crippen LogP contribution in [-0.2, 0) is 11.3 Å². The van der Waals surface area contributed by atoms with Gasteiger partial charge in [-0.15, -0.1) is 11.3 Å². The van der Waals surface area contributed by atoms with Gasteiger partial charge >= 0.3 is 0 Å². The molecular formula is C19H22N4O2S. The molecule has 3 aromatic rings. The molecule has 0 radical (unpaired) electrons. The van der Waals surface area contributed by atoms with E-state index in [1.165, 1.54) is 22.2 Å². The molecule has 0 bridgehead atoms. The topological polar surface area (TPSA) is 67.2 Å². The second-order valence-corrected chi connectivity index (χ2v) is 6.79. The Morgan fingerprint density at radius 1 is 1.19 bits per heavy atom. The van der Waals surface area contributed by atoms with Gasteiger partial charge in [-0.25, -0.2) is 4.98 Å². The Labute approximate surface area is 156 Å². The summed E-state index contributed by atoms with van der Waals surface area (Å²) in [6.45, 7) is 6.42. The van der Waals surface area contributed by atoms with Gasteiger partial charge in [0.1, 0.15) is 4.83 Å². The number of thiophene rings is 1. The zero-order valence-corrected chi connectivity index (χ0v) is 15.8. The van der Waals surface area contributed by atoms with E-state index in [1.54, 1.807) is 6.07 Å². The first-order chi connectivity index (χ1) is 12.6. The van der Waals surface area contributed by atoms with Crippen molar-refractivity contribution in [3.63, 3.8) is 0 Å². The molecule has 0 fully saturated rings. The Kier molecular flexibility index (Phi) is 5.68. The summed E-state index contributed by atoms with van der Waals surface area (Å²) in [5.74, 6) is -0.127. The molecule has 136 valence electrons. The van der Waals surface area contributed by atoms with Crippen molar-refractivity contribution in [2.24, 2.45) is 0 Å². The number of carbonyl (C=O) groups is 1. The SMILES string of the molecule is CCN(CC)c1ccc(NC(=O)CCn2cnc3sccc3c2=O)cc1. The summed E-state index contributed by atoms with van der Waals surface area (Å²) < 4.78 is 1.48. The fourth-order valence-electron chi connectivity index (χ4n) is 2.84. The van der Waals surface area contributed by atoms with Gasteiger partial charge in [0.05, 0.1) is 11.7 Å². The zero-order chi connectivity index (χ0) is 18.5. The molecule has 0 aliphatic heterocycles. The number of amides is 1. The third kappa shape index (κ3) is 3.94. The summed E-state index contributed by atoms with van der Waals surface area (Å²) in [5, 5.41) is 5.32. The van der Waals surface area contributed by atoms with E-state index in [1.807, 2.05) is 29.6 Å². The van der Waals surface area contributed by atoms with Gasteiger partial charge in [0.15, 0.2) is 0 Å². The van der Waals surface area contributed by atoms with Crippen LogP contribution in [-0.4, -0.2) is 28.5 Å². The third-order valence-corrected chi connectivity index (χ3v) is 5.13. The minimum atomic E-state index is -0.127. The standard InChI is InChI=1S/C19H22N4O2S/c1-3-22(4-2)15-7-5-14(6-8-15)21-17(24)9-11-23-13-20-18-16(19(23)25)10-12-26-18/h5-8,10,12-13H,3-4,9,11H2,1-2H3,(H,21,24). The summed E-state index contributed by atoms with van der Waals surface area (Å²) in [5.41, 5.74) is 1.78. The average molecular weight is 370 g/mol. The van der Waals surface area contributed by atoms with Crippen molar-refractivity contribution in [2.45, 2.75) is 26.8 Å². The number of aryl methyl sites for hydroxylation is 1. The molecule has 0 atom stereocenters. The predicted octanol–water partition coefficient (Wildman–Crippen LogP) is 3.33. The van der Waals surface area contributed by atoms with Crippen LogP contribution in [0.3, 0.4) is 0 Å². The number of nitrogens with one attached hydrogen (secondary N) is 1. The summed E-state index contributed by atoms with van der Waals surface area (Å²) in [4.78, 5) is 31.7. The molecule has 26 heavy (non-hydrogen) atoms. The van der Waals surface area contributed by atoms with Gasteiger partial charge in [0, 0.05) is 37.4 Å². The van der Waals surface area contributed by atoms with Crippen molar-refractivity contribution in [2.75, 3.05) is 23.3 Å². The molecule has 2 aromatic heterocycles. The van der Waals surface area contributed by atoms with Crippen LogP contribution in [0.25, 0.3) is 10.2 Å². The van der Waals surface area contributed by atoms with E-state index in [-0.39, 0.29) is 17.9 Å². The Hall–Kier alpha value is -2.67. The van der Waals surface area contributed by atoms with Crippen molar-refractivity contribution in [3.8, 4) is 0 Å². The molecular weight excluding hydrogens is 348 g/mol. The molecule has 0 aliphatic carbocycles. The minimum absolute atomic E-state index is 0.104. The predicted molar refractivity (Wildman–Crippen MR) is 107 cm³/mol. The van der Waals surface area contributed by atoms with Gasteiger partial charge < -0.3 is 10.2 Å². The highest BCUT2D eigenvalue weighted by Gasteiger charge is 2.08. The van der Waals surface area contributed by atoms with Crippen molar-refractivity contribution in [3.05, 3.63) is 52.4 Å². The maximum atomic E-state index is 12.3. The van der Waals surface area contributed by atoms with Crippen LogP contribution in [0, 0.1) is 0 Å². The second kappa shape index (κ2) is 8.14. The zero-order valence-electron chi connectivity index (χ0n) is 14.9. The Balaban J connectivity index is 1.60.